The molecular formula is C13H22ClN3S2. The zero-order valence-electron chi connectivity index (χ0n) is 11.7. The highest BCUT2D eigenvalue weighted by atomic mass is 35.5. The fourth-order valence-electron chi connectivity index (χ4n) is 2.50. The predicted molar refractivity (Wildman–Crippen MR) is 87.3 cm³/mol. The van der Waals surface area contributed by atoms with Crippen molar-refractivity contribution in [2.45, 2.75) is 49.8 Å². The molecule has 0 bridgehead atoms. The highest BCUT2D eigenvalue weighted by molar-refractivity contribution is 8.07. The van der Waals surface area contributed by atoms with Crippen molar-refractivity contribution in [2.75, 3.05) is 11.5 Å². The van der Waals surface area contributed by atoms with Crippen molar-refractivity contribution in [3.8, 4) is 0 Å². The Morgan fingerprint density at radius 1 is 1.47 bits per heavy atom. The lowest BCUT2D eigenvalue weighted by atomic mass is 10.1. The molecule has 3 unspecified atom stereocenters. The topological polar surface area (TPSA) is 43.8 Å². The Hall–Kier alpha value is 0.160. The van der Waals surface area contributed by atoms with Gasteiger partial charge in [0.1, 0.15) is 0 Å². The Balaban J connectivity index is 2.27. The van der Waals surface area contributed by atoms with Crippen LogP contribution in [0.5, 0.6) is 0 Å². The zero-order chi connectivity index (χ0) is 14.0. The van der Waals surface area contributed by atoms with E-state index in [2.05, 4.69) is 25.9 Å². The van der Waals surface area contributed by atoms with E-state index in [0.717, 1.165) is 12.1 Å². The maximum atomic E-state index is 6.54. The second kappa shape index (κ2) is 6.74. The Morgan fingerprint density at radius 2 is 2.16 bits per heavy atom. The van der Waals surface area contributed by atoms with Crippen molar-refractivity contribution < 1.29 is 0 Å². The van der Waals surface area contributed by atoms with Crippen LogP contribution in [0.1, 0.15) is 45.0 Å². The summed E-state index contributed by atoms with van der Waals surface area (Å²) in [5.74, 6) is 2.40. The van der Waals surface area contributed by atoms with Crippen LogP contribution < -0.4 is 5.73 Å². The summed E-state index contributed by atoms with van der Waals surface area (Å²) in [6.45, 7) is 6.46. The molecule has 1 aromatic rings. The van der Waals surface area contributed by atoms with Crippen molar-refractivity contribution in [1.82, 2.24) is 9.78 Å². The Labute approximate surface area is 129 Å². The summed E-state index contributed by atoms with van der Waals surface area (Å²) >= 11 is 10.3. The number of nitrogens with two attached hydrogens (primary N) is 1. The van der Waals surface area contributed by atoms with Gasteiger partial charge in [-0.3, -0.25) is 4.68 Å². The molecule has 2 heterocycles. The van der Waals surface area contributed by atoms with E-state index in [-0.39, 0.29) is 12.1 Å². The number of hydrogen-bond donors (Lipinski definition) is 1. The third-order valence-corrected chi connectivity index (χ3v) is 7.10. The van der Waals surface area contributed by atoms with Gasteiger partial charge in [-0.15, -0.1) is 0 Å². The van der Waals surface area contributed by atoms with Gasteiger partial charge in [-0.05, 0) is 20.3 Å². The molecule has 0 amide bonds. The largest absolute Gasteiger partial charge is 0.322 e. The van der Waals surface area contributed by atoms with Gasteiger partial charge in [-0.2, -0.15) is 28.6 Å². The molecular weight excluding hydrogens is 298 g/mol. The van der Waals surface area contributed by atoms with Gasteiger partial charge in [0.05, 0.1) is 23.0 Å². The minimum absolute atomic E-state index is 0.0415. The molecule has 3 atom stereocenters. The summed E-state index contributed by atoms with van der Waals surface area (Å²) in [7, 11) is 0. The number of hydrogen-bond acceptors (Lipinski definition) is 4. The van der Waals surface area contributed by atoms with Crippen molar-refractivity contribution in [2.24, 2.45) is 5.73 Å². The minimum Gasteiger partial charge on any atom is -0.322 e. The van der Waals surface area contributed by atoms with Crippen LogP contribution in [-0.2, 0) is 0 Å². The summed E-state index contributed by atoms with van der Waals surface area (Å²) < 4.78 is 1.97. The molecule has 1 saturated heterocycles. The monoisotopic (exact) mass is 319 g/mol. The average molecular weight is 320 g/mol. The molecule has 0 radical (unpaired) electrons. The maximum Gasteiger partial charge on any atom is 0.0834 e. The van der Waals surface area contributed by atoms with E-state index < -0.39 is 0 Å². The summed E-state index contributed by atoms with van der Waals surface area (Å²) in [6.07, 6.45) is 2.88. The molecule has 6 heteroatoms. The summed E-state index contributed by atoms with van der Waals surface area (Å²) in [5.41, 5.74) is 7.54. The average Bonchev–Trinajstić information content (AvgIpc) is 2.80. The van der Waals surface area contributed by atoms with Crippen LogP contribution in [0.2, 0.25) is 5.02 Å². The van der Waals surface area contributed by atoms with Crippen LogP contribution in [0.3, 0.4) is 0 Å². The zero-order valence-corrected chi connectivity index (χ0v) is 14.1. The summed E-state index contributed by atoms with van der Waals surface area (Å²) in [6, 6.07) is 0.245. The molecule has 1 aliphatic heterocycles. The van der Waals surface area contributed by atoms with E-state index in [1.807, 2.05) is 28.2 Å². The van der Waals surface area contributed by atoms with Crippen molar-refractivity contribution in [1.29, 1.82) is 0 Å². The van der Waals surface area contributed by atoms with Gasteiger partial charge >= 0.3 is 0 Å². The highest BCUT2D eigenvalue weighted by Gasteiger charge is 2.34. The SMILES string of the molecule is CCC1SCCSC1C(N)c1c(Cl)cnn1C(C)C. The molecule has 2 N–H and O–H groups in total. The molecule has 0 aliphatic carbocycles. The predicted octanol–water partition coefficient (Wildman–Crippen LogP) is 3.74. The second-order valence-corrected chi connectivity index (χ2v) is 8.13. The smallest absolute Gasteiger partial charge is 0.0834 e. The summed E-state index contributed by atoms with van der Waals surface area (Å²) in [5, 5.41) is 6.11. The third kappa shape index (κ3) is 3.26. The standard InChI is InChI=1S/C13H22ClN3S2/c1-4-10-13(19-6-5-18-10)11(15)12-9(14)7-16-17(12)8(2)3/h7-8,10-11,13H,4-6,15H2,1-3H3. The van der Waals surface area contributed by atoms with Crippen LogP contribution >= 0.6 is 35.1 Å². The number of aromatic nitrogens is 2. The Morgan fingerprint density at radius 3 is 2.79 bits per heavy atom. The number of thioether (sulfide) groups is 2. The van der Waals surface area contributed by atoms with Gasteiger partial charge < -0.3 is 5.73 Å². The lowest BCUT2D eigenvalue weighted by molar-refractivity contribution is 0.477. The first kappa shape index (κ1) is 15.5. The molecule has 2 rings (SSSR count). The second-order valence-electron chi connectivity index (χ2n) is 5.09. The molecule has 0 saturated carbocycles. The van der Waals surface area contributed by atoms with E-state index in [0.29, 0.717) is 15.5 Å². The minimum atomic E-state index is -0.0415. The quantitative estimate of drug-likeness (QED) is 0.918. The van der Waals surface area contributed by atoms with Crippen LogP contribution in [0.15, 0.2) is 6.20 Å². The number of nitrogens with zero attached hydrogens (tertiary/aromatic N) is 2. The molecule has 19 heavy (non-hydrogen) atoms. The lowest BCUT2D eigenvalue weighted by Crippen LogP contribution is -2.37. The van der Waals surface area contributed by atoms with E-state index in [4.69, 9.17) is 17.3 Å². The molecule has 1 fully saturated rings. The van der Waals surface area contributed by atoms with Gasteiger partial charge in [0, 0.05) is 28.0 Å². The summed E-state index contributed by atoms with van der Waals surface area (Å²) in [4.78, 5) is 0. The number of halogens is 1. The first-order chi connectivity index (χ1) is 9.06. The van der Waals surface area contributed by atoms with Crippen molar-refractivity contribution in [3.63, 3.8) is 0 Å². The molecule has 3 nitrogen and oxygen atoms in total. The van der Waals surface area contributed by atoms with Crippen LogP contribution in [0, 0.1) is 0 Å². The lowest BCUT2D eigenvalue weighted by Gasteiger charge is -2.34. The van der Waals surface area contributed by atoms with E-state index in [1.165, 1.54) is 11.5 Å². The van der Waals surface area contributed by atoms with E-state index in [9.17, 15) is 0 Å². The first-order valence-electron chi connectivity index (χ1n) is 6.78. The molecule has 0 aromatic carbocycles. The Bertz CT molecular complexity index is 422. The first-order valence-corrected chi connectivity index (χ1v) is 9.25. The van der Waals surface area contributed by atoms with Gasteiger partial charge in [0.15, 0.2) is 0 Å². The maximum absolute atomic E-state index is 6.54. The van der Waals surface area contributed by atoms with E-state index >= 15 is 0 Å². The van der Waals surface area contributed by atoms with E-state index in [1.54, 1.807) is 6.20 Å². The van der Waals surface area contributed by atoms with Crippen LogP contribution in [-0.4, -0.2) is 31.8 Å². The number of rotatable bonds is 4. The van der Waals surface area contributed by atoms with Gasteiger partial charge in [0.25, 0.3) is 0 Å². The van der Waals surface area contributed by atoms with Crippen molar-refractivity contribution in [3.05, 3.63) is 16.9 Å². The van der Waals surface area contributed by atoms with Crippen molar-refractivity contribution >= 4 is 35.1 Å². The molecule has 1 aromatic heterocycles. The van der Waals surface area contributed by atoms with Gasteiger partial charge in [-0.25, -0.2) is 0 Å². The van der Waals surface area contributed by atoms with Crippen LogP contribution in [0.25, 0.3) is 0 Å². The third-order valence-electron chi connectivity index (χ3n) is 3.44. The molecule has 108 valence electrons. The van der Waals surface area contributed by atoms with Crippen LogP contribution in [0.4, 0.5) is 0 Å². The normalized spacial score (nSPS) is 25.8. The van der Waals surface area contributed by atoms with Gasteiger partial charge in [-0.1, -0.05) is 18.5 Å². The molecule has 0 spiro atoms. The molecule has 1 aliphatic rings. The fraction of sp³-hybridized carbons (Fsp3) is 0.769. The highest BCUT2D eigenvalue weighted by Crippen LogP contribution is 2.41. The van der Waals surface area contributed by atoms with Gasteiger partial charge in [0.2, 0.25) is 0 Å². The Kier molecular flexibility index (Phi) is 5.52. The fourth-order valence-corrected chi connectivity index (χ4v) is 5.91.